The first-order chi connectivity index (χ1) is 13.0. The summed E-state index contributed by atoms with van der Waals surface area (Å²) in [6, 6.07) is 9.83. The summed E-state index contributed by atoms with van der Waals surface area (Å²) in [4.78, 5) is 33.8. The van der Waals surface area contributed by atoms with Crippen LogP contribution in [-0.2, 0) is 16.0 Å². The van der Waals surface area contributed by atoms with Crippen molar-refractivity contribution in [2.24, 2.45) is 0 Å². The predicted molar refractivity (Wildman–Crippen MR) is 107 cm³/mol. The van der Waals surface area contributed by atoms with Gasteiger partial charge >= 0.3 is 5.97 Å². The van der Waals surface area contributed by atoms with E-state index < -0.39 is 5.97 Å². The Morgan fingerprint density at radius 3 is 2.59 bits per heavy atom. The first kappa shape index (κ1) is 19.2. The number of anilines is 1. The molecule has 8 heteroatoms. The van der Waals surface area contributed by atoms with Gasteiger partial charge in [0.15, 0.2) is 10.8 Å². The molecule has 0 saturated carbocycles. The quantitative estimate of drug-likeness (QED) is 0.621. The summed E-state index contributed by atoms with van der Waals surface area (Å²) in [5, 5.41) is 5.91. The summed E-state index contributed by atoms with van der Waals surface area (Å²) >= 11 is 2.79. The molecular formula is C19H19N3O3S2. The smallest absolute Gasteiger partial charge is 0.357 e. The molecule has 0 spiro atoms. The Balaban J connectivity index is 1.70. The molecule has 0 fully saturated rings. The van der Waals surface area contributed by atoms with Crippen LogP contribution in [0, 0.1) is 0 Å². The topological polar surface area (TPSA) is 81.2 Å². The summed E-state index contributed by atoms with van der Waals surface area (Å²) in [5.74, 6) is -0.614. The summed E-state index contributed by atoms with van der Waals surface area (Å²) in [5.41, 5.74) is 1.98. The van der Waals surface area contributed by atoms with Crippen molar-refractivity contribution in [1.29, 1.82) is 0 Å². The number of carbonyl (C=O) groups is 2. The highest BCUT2D eigenvalue weighted by molar-refractivity contribution is 7.16. The van der Waals surface area contributed by atoms with Crippen molar-refractivity contribution in [1.82, 2.24) is 9.97 Å². The van der Waals surface area contributed by atoms with Crippen LogP contribution < -0.4 is 5.32 Å². The number of rotatable bonds is 6. The van der Waals surface area contributed by atoms with Gasteiger partial charge in [0, 0.05) is 15.8 Å². The second-order valence-electron chi connectivity index (χ2n) is 6.11. The Labute approximate surface area is 165 Å². The van der Waals surface area contributed by atoms with E-state index in [-0.39, 0.29) is 23.9 Å². The number of hydrogen-bond acceptors (Lipinski definition) is 7. The molecule has 0 aliphatic carbocycles. The maximum atomic E-state index is 12.4. The fraction of sp³-hybridized carbons (Fsp3) is 0.263. The molecule has 27 heavy (non-hydrogen) atoms. The van der Waals surface area contributed by atoms with Gasteiger partial charge in [0.1, 0.15) is 5.01 Å². The summed E-state index contributed by atoms with van der Waals surface area (Å²) in [7, 11) is 1.32. The fourth-order valence-electron chi connectivity index (χ4n) is 2.45. The van der Waals surface area contributed by atoms with Crippen molar-refractivity contribution in [3.05, 3.63) is 52.0 Å². The largest absolute Gasteiger partial charge is 0.464 e. The number of aromatic nitrogens is 2. The second-order valence-corrected chi connectivity index (χ2v) is 8.00. The average molecular weight is 402 g/mol. The number of carbonyl (C=O) groups excluding carboxylic acids is 2. The molecule has 6 nitrogen and oxygen atoms in total. The molecular weight excluding hydrogens is 382 g/mol. The van der Waals surface area contributed by atoms with Crippen LogP contribution in [0.25, 0.3) is 10.6 Å². The van der Waals surface area contributed by atoms with Crippen LogP contribution in [0.5, 0.6) is 0 Å². The molecule has 0 atom stereocenters. The lowest BCUT2D eigenvalue weighted by atomic mass is 10.1. The molecule has 2 heterocycles. The van der Waals surface area contributed by atoms with E-state index in [1.54, 1.807) is 0 Å². The lowest BCUT2D eigenvalue weighted by Gasteiger charge is -2.02. The summed E-state index contributed by atoms with van der Waals surface area (Å²) in [6.07, 6.45) is 0.146. The van der Waals surface area contributed by atoms with Crippen LogP contribution in [0.1, 0.15) is 40.8 Å². The van der Waals surface area contributed by atoms with Crippen molar-refractivity contribution >= 4 is 39.7 Å². The van der Waals surface area contributed by atoms with E-state index in [9.17, 15) is 9.59 Å². The number of nitrogens with one attached hydrogen (secondary N) is 1. The zero-order valence-electron chi connectivity index (χ0n) is 15.2. The van der Waals surface area contributed by atoms with Crippen LogP contribution >= 0.6 is 22.7 Å². The third kappa shape index (κ3) is 4.58. The van der Waals surface area contributed by atoms with E-state index in [0.29, 0.717) is 10.8 Å². The van der Waals surface area contributed by atoms with Gasteiger partial charge in [-0.15, -0.1) is 22.7 Å². The van der Waals surface area contributed by atoms with Crippen molar-refractivity contribution in [2.45, 2.75) is 26.2 Å². The Kier molecular flexibility index (Phi) is 5.98. The first-order valence-corrected chi connectivity index (χ1v) is 10.1. The van der Waals surface area contributed by atoms with E-state index in [1.807, 2.05) is 49.6 Å². The number of amides is 1. The Morgan fingerprint density at radius 1 is 1.19 bits per heavy atom. The zero-order chi connectivity index (χ0) is 19.4. The molecule has 1 N–H and O–H groups in total. The predicted octanol–water partition coefficient (Wildman–Crippen LogP) is 4.36. The van der Waals surface area contributed by atoms with E-state index in [1.165, 1.54) is 29.8 Å². The highest BCUT2D eigenvalue weighted by Crippen LogP contribution is 2.30. The number of benzene rings is 1. The van der Waals surface area contributed by atoms with E-state index >= 15 is 0 Å². The molecule has 0 radical (unpaired) electrons. The highest BCUT2D eigenvalue weighted by atomic mass is 32.1. The highest BCUT2D eigenvalue weighted by Gasteiger charge is 2.22. The second kappa shape index (κ2) is 8.41. The van der Waals surface area contributed by atoms with Crippen LogP contribution in [0.3, 0.4) is 0 Å². The van der Waals surface area contributed by atoms with Gasteiger partial charge in [-0.3, -0.25) is 4.79 Å². The number of esters is 1. The molecule has 2 aromatic heterocycles. The molecule has 3 rings (SSSR count). The van der Waals surface area contributed by atoms with E-state index in [4.69, 9.17) is 4.74 Å². The Morgan fingerprint density at radius 2 is 1.93 bits per heavy atom. The van der Waals surface area contributed by atoms with Gasteiger partial charge in [-0.25, -0.2) is 14.8 Å². The SMILES string of the molecule is COC(=O)c1nc(NC(=O)Cc2csc(-c3ccccc3)n2)sc1C(C)C. The van der Waals surface area contributed by atoms with Gasteiger partial charge in [0.25, 0.3) is 0 Å². The Bertz CT molecular complexity index is 948. The molecule has 0 bridgehead atoms. The lowest BCUT2D eigenvalue weighted by molar-refractivity contribution is -0.115. The maximum absolute atomic E-state index is 12.4. The summed E-state index contributed by atoms with van der Waals surface area (Å²) in [6.45, 7) is 3.93. The lowest BCUT2D eigenvalue weighted by Crippen LogP contribution is -2.14. The molecule has 1 amide bonds. The van der Waals surface area contributed by atoms with Crippen molar-refractivity contribution in [2.75, 3.05) is 12.4 Å². The van der Waals surface area contributed by atoms with Crippen LogP contribution in [0.2, 0.25) is 0 Å². The van der Waals surface area contributed by atoms with Gasteiger partial charge in [0.05, 0.1) is 19.2 Å². The average Bonchev–Trinajstić information content (AvgIpc) is 3.29. The molecule has 140 valence electrons. The van der Waals surface area contributed by atoms with Gasteiger partial charge in [-0.1, -0.05) is 44.2 Å². The third-order valence-corrected chi connectivity index (χ3v) is 5.93. The summed E-state index contributed by atoms with van der Waals surface area (Å²) < 4.78 is 4.77. The minimum Gasteiger partial charge on any atom is -0.464 e. The molecule has 3 aromatic rings. The number of ether oxygens (including phenoxy) is 1. The minimum absolute atomic E-state index is 0.106. The monoisotopic (exact) mass is 401 g/mol. The van der Waals surface area contributed by atoms with Crippen molar-refractivity contribution < 1.29 is 14.3 Å². The van der Waals surface area contributed by atoms with Crippen LogP contribution in [-0.4, -0.2) is 29.0 Å². The van der Waals surface area contributed by atoms with Gasteiger partial charge in [-0.05, 0) is 5.92 Å². The van der Waals surface area contributed by atoms with Crippen LogP contribution in [0.4, 0.5) is 5.13 Å². The number of methoxy groups -OCH3 is 1. The van der Waals surface area contributed by atoms with Gasteiger partial charge in [0.2, 0.25) is 5.91 Å². The number of hydrogen-bond donors (Lipinski definition) is 1. The standard InChI is InChI=1S/C19H19N3O3S2/c1-11(2)16-15(18(24)25-3)22-19(27-16)21-14(23)9-13-10-26-17(20-13)12-7-5-4-6-8-12/h4-8,10-11H,9H2,1-3H3,(H,21,22,23). The molecule has 0 aliphatic heterocycles. The molecule has 0 unspecified atom stereocenters. The normalized spacial score (nSPS) is 10.8. The maximum Gasteiger partial charge on any atom is 0.357 e. The fourth-order valence-corrected chi connectivity index (χ4v) is 4.25. The minimum atomic E-state index is -0.498. The molecule has 0 saturated heterocycles. The van der Waals surface area contributed by atoms with E-state index in [0.717, 1.165) is 15.4 Å². The van der Waals surface area contributed by atoms with E-state index in [2.05, 4.69) is 15.3 Å². The van der Waals surface area contributed by atoms with Crippen LogP contribution in [0.15, 0.2) is 35.7 Å². The number of nitrogens with zero attached hydrogens (tertiary/aromatic N) is 2. The number of thiazole rings is 2. The van der Waals surface area contributed by atoms with Gasteiger partial charge < -0.3 is 10.1 Å². The zero-order valence-corrected chi connectivity index (χ0v) is 16.8. The van der Waals surface area contributed by atoms with Crippen molar-refractivity contribution in [3.8, 4) is 10.6 Å². The third-order valence-electron chi connectivity index (χ3n) is 3.72. The molecule has 0 aliphatic rings. The van der Waals surface area contributed by atoms with Gasteiger partial charge in [-0.2, -0.15) is 0 Å². The van der Waals surface area contributed by atoms with Crippen molar-refractivity contribution in [3.63, 3.8) is 0 Å². The Hall–Kier alpha value is -2.58. The first-order valence-electron chi connectivity index (χ1n) is 8.36. The molecule has 1 aromatic carbocycles.